The Labute approximate surface area is 135 Å². The lowest BCUT2D eigenvalue weighted by atomic mass is 9.81. The van der Waals surface area contributed by atoms with E-state index in [1.807, 2.05) is 19.1 Å². The summed E-state index contributed by atoms with van der Waals surface area (Å²) in [7, 11) is 0. The molecule has 1 atom stereocenters. The molecule has 1 aliphatic carbocycles. The molecule has 0 bridgehead atoms. The topological polar surface area (TPSA) is 55.5 Å². The Hall–Kier alpha value is -0.450. The normalized spacial score (nSPS) is 17.4. The lowest BCUT2D eigenvalue weighted by molar-refractivity contribution is 0.302. The van der Waals surface area contributed by atoms with Crippen LogP contribution in [0.15, 0.2) is 16.6 Å². The van der Waals surface area contributed by atoms with Gasteiger partial charge in [0.25, 0.3) is 0 Å². The summed E-state index contributed by atoms with van der Waals surface area (Å²) in [4.78, 5) is 0. The molecule has 0 heterocycles. The molecular weight excluding hydrogens is 342 g/mol. The van der Waals surface area contributed by atoms with Crippen LogP contribution in [-0.4, -0.2) is 11.7 Å². The van der Waals surface area contributed by atoms with E-state index in [0.717, 1.165) is 5.56 Å². The first-order valence-electron chi connectivity index (χ1n) is 7.04. The minimum Gasteiger partial charge on any atom is -0.503 e. The van der Waals surface area contributed by atoms with Crippen LogP contribution < -0.4 is 10.5 Å². The number of nitrogens with two attached hydrogens (primary N) is 1. The Morgan fingerprint density at radius 3 is 2.60 bits per heavy atom. The molecule has 20 heavy (non-hydrogen) atoms. The number of halogens is 2. The molecule has 3 nitrogen and oxygen atoms in total. The van der Waals surface area contributed by atoms with Gasteiger partial charge in [-0.1, -0.05) is 19.3 Å². The molecule has 1 saturated carbocycles. The second kappa shape index (κ2) is 8.11. The lowest BCUT2D eigenvalue weighted by Gasteiger charge is -2.28. The van der Waals surface area contributed by atoms with Gasteiger partial charge < -0.3 is 15.6 Å². The van der Waals surface area contributed by atoms with Gasteiger partial charge in [0.1, 0.15) is 0 Å². The summed E-state index contributed by atoms with van der Waals surface area (Å²) >= 11 is 3.37. The largest absolute Gasteiger partial charge is 0.503 e. The van der Waals surface area contributed by atoms with Gasteiger partial charge in [0.2, 0.25) is 0 Å². The molecule has 0 amide bonds. The van der Waals surface area contributed by atoms with Crippen LogP contribution in [0.25, 0.3) is 0 Å². The van der Waals surface area contributed by atoms with Gasteiger partial charge in [-0.05, 0) is 59.3 Å². The van der Waals surface area contributed by atoms with Gasteiger partial charge in [0.15, 0.2) is 11.5 Å². The summed E-state index contributed by atoms with van der Waals surface area (Å²) in [5.74, 6) is 1.21. The fourth-order valence-electron chi connectivity index (χ4n) is 2.82. The van der Waals surface area contributed by atoms with Crippen molar-refractivity contribution in [2.24, 2.45) is 11.7 Å². The Bertz CT molecular complexity index is 436. The van der Waals surface area contributed by atoms with E-state index in [1.54, 1.807) is 0 Å². The zero-order valence-corrected chi connectivity index (χ0v) is 14.2. The summed E-state index contributed by atoms with van der Waals surface area (Å²) in [5, 5.41) is 9.93. The van der Waals surface area contributed by atoms with Crippen molar-refractivity contribution in [3.8, 4) is 11.5 Å². The number of ether oxygens (including phenoxy) is 1. The third kappa shape index (κ3) is 4.03. The number of aromatic hydroxyl groups is 1. The van der Waals surface area contributed by atoms with Crippen LogP contribution in [0.2, 0.25) is 0 Å². The first-order chi connectivity index (χ1) is 9.13. The highest BCUT2D eigenvalue weighted by Crippen LogP contribution is 2.40. The number of hydrogen-bond acceptors (Lipinski definition) is 3. The van der Waals surface area contributed by atoms with Gasteiger partial charge >= 0.3 is 0 Å². The average Bonchev–Trinajstić information content (AvgIpc) is 2.44. The second-order valence-corrected chi connectivity index (χ2v) is 6.06. The molecule has 3 N–H and O–H groups in total. The van der Waals surface area contributed by atoms with Crippen molar-refractivity contribution in [2.45, 2.75) is 45.1 Å². The fraction of sp³-hybridized carbons (Fsp3) is 0.600. The van der Waals surface area contributed by atoms with Crippen LogP contribution in [0.3, 0.4) is 0 Å². The molecule has 1 aromatic rings. The van der Waals surface area contributed by atoms with Crippen LogP contribution in [-0.2, 0) is 0 Å². The Balaban J connectivity index is 0.00000200. The van der Waals surface area contributed by atoms with Gasteiger partial charge in [-0.15, -0.1) is 12.4 Å². The molecule has 0 saturated heterocycles. The van der Waals surface area contributed by atoms with Crippen LogP contribution in [0, 0.1) is 5.92 Å². The molecule has 1 aliphatic rings. The molecule has 114 valence electrons. The van der Waals surface area contributed by atoms with Crippen LogP contribution in [0.1, 0.15) is 50.6 Å². The van der Waals surface area contributed by atoms with E-state index in [2.05, 4.69) is 15.9 Å². The molecule has 1 fully saturated rings. The first kappa shape index (κ1) is 17.6. The van der Waals surface area contributed by atoms with E-state index in [0.29, 0.717) is 22.7 Å². The molecule has 0 unspecified atom stereocenters. The first-order valence-corrected chi connectivity index (χ1v) is 7.83. The number of hydrogen-bond donors (Lipinski definition) is 2. The van der Waals surface area contributed by atoms with Crippen molar-refractivity contribution in [1.82, 2.24) is 0 Å². The van der Waals surface area contributed by atoms with Crippen molar-refractivity contribution in [1.29, 1.82) is 0 Å². The predicted molar refractivity (Wildman–Crippen MR) is 87.7 cm³/mol. The van der Waals surface area contributed by atoms with E-state index in [4.69, 9.17) is 10.5 Å². The molecule has 0 spiro atoms. The Kier molecular flexibility index (Phi) is 7.13. The summed E-state index contributed by atoms with van der Waals surface area (Å²) in [5.41, 5.74) is 7.44. The number of phenolic OH excluding ortho intramolecular Hbond substituents is 1. The zero-order chi connectivity index (χ0) is 13.8. The van der Waals surface area contributed by atoms with Crippen molar-refractivity contribution < 1.29 is 9.84 Å². The number of benzene rings is 1. The summed E-state index contributed by atoms with van der Waals surface area (Å²) in [6.45, 7) is 2.43. The molecule has 2 rings (SSSR count). The molecular formula is C15H23BrClNO2. The smallest absolute Gasteiger partial charge is 0.172 e. The summed E-state index contributed by atoms with van der Waals surface area (Å²) in [6.07, 6.45) is 6.27. The Morgan fingerprint density at radius 1 is 1.35 bits per heavy atom. The van der Waals surface area contributed by atoms with Crippen molar-refractivity contribution in [3.05, 3.63) is 22.2 Å². The molecule has 0 aromatic heterocycles. The predicted octanol–water partition coefficient (Wildman–Crippen LogP) is 4.56. The highest BCUT2D eigenvalue weighted by molar-refractivity contribution is 9.10. The zero-order valence-electron chi connectivity index (χ0n) is 11.8. The van der Waals surface area contributed by atoms with Crippen LogP contribution in [0.5, 0.6) is 11.5 Å². The summed E-state index contributed by atoms with van der Waals surface area (Å²) < 4.78 is 6.11. The van der Waals surface area contributed by atoms with E-state index in [-0.39, 0.29) is 24.2 Å². The monoisotopic (exact) mass is 363 g/mol. The number of phenols is 1. The highest BCUT2D eigenvalue weighted by atomic mass is 79.9. The van der Waals surface area contributed by atoms with Gasteiger partial charge in [-0.25, -0.2) is 0 Å². The van der Waals surface area contributed by atoms with E-state index in [1.165, 1.54) is 32.1 Å². The van der Waals surface area contributed by atoms with Crippen LogP contribution >= 0.6 is 28.3 Å². The van der Waals surface area contributed by atoms with E-state index >= 15 is 0 Å². The molecule has 0 aliphatic heterocycles. The van der Waals surface area contributed by atoms with Gasteiger partial charge in [0, 0.05) is 6.04 Å². The maximum atomic E-state index is 9.93. The average molecular weight is 365 g/mol. The summed E-state index contributed by atoms with van der Waals surface area (Å²) in [6, 6.07) is 3.82. The third-order valence-electron chi connectivity index (χ3n) is 3.89. The van der Waals surface area contributed by atoms with E-state index < -0.39 is 0 Å². The van der Waals surface area contributed by atoms with E-state index in [9.17, 15) is 5.11 Å². The second-order valence-electron chi connectivity index (χ2n) is 5.21. The highest BCUT2D eigenvalue weighted by Gasteiger charge is 2.23. The molecule has 1 aromatic carbocycles. The maximum Gasteiger partial charge on any atom is 0.172 e. The van der Waals surface area contributed by atoms with Crippen molar-refractivity contribution in [2.75, 3.05) is 6.61 Å². The fourth-order valence-corrected chi connectivity index (χ4v) is 3.28. The van der Waals surface area contributed by atoms with Crippen LogP contribution in [0.4, 0.5) is 0 Å². The molecule has 5 heteroatoms. The SMILES string of the molecule is CCOc1cc([C@@H](N)C2CCCCC2)cc(Br)c1O.Cl. The van der Waals surface area contributed by atoms with Gasteiger partial charge in [0.05, 0.1) is 11.1 Å². The van der Waals surface area contributed by atoms with Crippen molar-refractivity contribution >= 4 is 28.3 Å². The standard InChI is InChI=1S/C15H22BrNO2.ClH/c1-2-19-13-9-11(8-12(16)15(13)18)14(17)10-6-4-3-5-7-10;/h8-10,14,18H,2-7,17H2,1H3;1H/t14-;/m0./s1. The quantitative estimate of drug-likeness (QED) is 0.823. The molecule has 0 radical (unpaired) electrons. The maximum absolute atomic E-state index is 9.93. The minimum absolute atomic E-state index is 0. The minimum atomic E-state index is 0. The van der Waals surface area contributed by atoms with Crippen molar-refractivity contribution in [3.63, 3.8) is 0 Å². The van der Waals surface area contributed by atoms with Gasteiger partial charge in [-0.3, -0.25) is 0 Å². The lowest BCUT2D eigenvalue weighted by Crippen LogP contribution is -2.23. The number of rotatable bonds is 4. The van der Waals surface area contributed by atoms with Gasteiger partial charge in [-0.2, -0.15) is 0 Å². The third-order valence-corrected chi connectivity index (χ3v) is 4.50. The Morgan fingerprint density at radius 2 is 2.00 bits per heavy atom.